The molecule has 0 radical (unpaired) electrons. The number of hydrogen-bond acceptors (Lipinski definition) is 10. The Labute approximate surface area is 248 Å². The average Bonchev–Trinajstić information content (AvgIpc) is 3.78. The Balaban J connectivity index is 1.20. The first-order valence-corrected chi connectivity index (χ1v) is 13.7. The molecule has 222 valence electrons. The number of benzene rings is 2. The SMILES string of the molecule is CN(C)CCNC(=O)c1coc(-c2ccc(-c3cn(-c4ccc(-c5nc(C(=O)NCCN(C)C)co5)cc4)nn3)cc2)n1. The minimum absolute atomic E-state index is 0.231. The smallest absolute Gasteiger partial charge is 0.273 e. The van der Waals surface area contributed by atoms with Crippen LogP contribution >= 0.6 is 0 Å². The quantitative estimate of drug-likeness (QED) is 0.225. The van der Waals surface area contributed by atoms with Crippen LogP contribution in [0, 0.1) is 0 Å². The Hall–Kier alpha value is -5.14. The van der Waals surface area contributed by atoms with Crippen LogP contribution in [-0.4, -0.2) is 101 Å². The van der Waals surface area contributed by atoms with Crippen molar-refractivity contribution in [2.75, 3.05) is 54.4 Å². The third-order valence-corrected chi connectivity index (χ3v) is 6.46. The summed E-state index contributed by atoms with van der Waals surface area (Å²) in [6.45, 7) is 2.51. The second kappa shape index (κ2) is 13.2. The maximum absolute atomic E-state index is 12.3. The molecule has 0 fully saturated rings. The molecule has 0 bridgehead atoms. The van der Waals surface area contributed by atoms with Crippen LogP contribution in [0.15, 0.2) is 76.1 Å². The molecule has 2 N–H and O–H groups in total. The number of likely N-dealkylation sites (N-methyl/N-ethyl adjacent to an activating group) is 2. The van der Waals surface area contributed by atoms with E-state index in [0.717, 1.165) is 35.5 Å². The number of amides is 2. The van der Waals surface area contributed by atoms with Gasteiger partial charge >= 0.3 is 0 Å². The van der Waals surface area contributed by atoms with Crippen LogP contribution in [-0.2, 0) is 0 Å². The zero-order valence-corrected chi connectivity index (χ0v) is 24.4. The molecule has 2 amide bonds. The second-order valence-corrected chi connectivity index (χ2v) is 10.4. The van der Waals surface area contributed by atoms with Gasteiger partial charge in [-0.15, -0.1) is 5.10 Å². The Morgan fingerprint density at radius 2 is 1.19 bits per heavy atom. The highest BCUT2D eigenvalue weighted by molar-refractivity contribution is 5.92. The maximum Gasteiger partial charge on any atom is 0.273 e. The van der Waals surface area contributed by atoms with Crippen molar-refractivity contribution in [2.24, 2.45) is 0 Å². The molecule has 0 saturated heterocycles. The van der Waals surface area contributed by atoms with Crippen LogP contribution in [0.1, 0.15) is 21.0 Å². The molecule has 13 nitrogen and oxygen atoms in total. The van der Waals surface area contributed by atoms with E-state index in [0.29, 0.717) is 30.6 Å². The van der Waals surface area contributed by atoms with E-state index in [9.17, 15) is 9.59 Å². The maximum atomic E-state index is 12.3. The Morgan fingerprint density at radius 1 is 0.721 bits per heavy atom. The molecule has 43 heavy (non-hydrogen) atoms. The van der Waals surface area contributed by atoms with Crippen molar-refractivity contribution in [3.05, 3.63) is 78.6 Å². The number of hydrogen-bond donors (Lipinski definition) is 2. The molecule has 13 heteroatoms. The van der Waals surface area contributed by atoms with Gasteiger partial charge in [-0.25, -0.2) is 14.6 Å². The van der Waals surface area contributed by atoms with Crippen molar-refractivity contribution in [1.82, 2.24) is 45.4 Å². The molecule has 5 rings (SSSR count). The number of rotatable bonds is 12. The molecule has 2 aromatic carbocycles. The fourth-order valence-corrected chi connectivity index (χ4v) is 4.05. The number of aromatic nitrogens is 5. The number of carbonyl (C=O) groups is 2. The van der Waals surface area contributed by atoms with Gasteiger partial charge in [-0.2, -0.15) is 0 Å². The minimum Gasteiger partial charge on any atom is -0.444 e. The van der Waals surface area contributed by atoms with Crippen LogP contribution < -0.4 is 10.6 Å². The van der Waals surface area contributed by atoms with Crippen molar-refractivity contribution < 1.29 is 18.4 Å². The van der Waals surface area contributed by atoms with Crippen molar-refractivity contribution in [2.45, 2.75) is 0 Å². The van der Waals surface area contributed by atoms with E-state index in [-0.39, 0.29) is 23.2 Å². The van der Waals surface area contributed by atoms with E-state index < -0.39 is 0 Å². The summed E-state index contributed by atoms with van der Waals surface area (Å²) in [6, 6.07) is 14.9. The molecule has 0 spiro atoms. The number of nitrogens with zero attached hydrogens (tertiary/aromatic N) is 7. The Morgan fingerprint density at radius 3 is 1.67 bits per heavy atom. The van der Waals surface area contributed by atoms with Gasteiger partial charge in [-0.05, 0) is 64.6 Å². The largest absolute Gasteiger partial charge is 0.444 e. The predicted octanol–water partition coefficient (Wildman–Crippen LogP) is 2.83. The summed E-state index contributed by atoms with van der Waals surface area (Å²) in [5.74, 6) is 0.158. The highest BCUT2D eigenvalue weighted by atomic mass is 16.3. The molecular weight excluding hydrogens is 550 g/mol. The average molecular weight is 584 g/mol. The van der Waals surface area contributed by atoms with Gasteiger partial charge in [0.2, 0.25) is 11.8 Å². The van der Waals surface area contributed by atoms with Crippen LogP contribution in [0.2, 0.25) is 0 Å². The first kappa shape index (κ1) is 29.4. The van der Waals surface area contributed by atoms with E-state index in [4.69, 9.17) is 8.83 Å². The normalized spacial score (nSPS) is 11.3. The van der Waals surface area contributed by atoms with Gasteiger partial charge < -0.3 is 29.3 Å². The molecular formula is C30H33N9O4. The number of carbonyl (C=O) groups excluding carboxylic acids is 2. The van der Waals surface area contributed by atoms with E-state index in [2.05, 4.69) is 30.9 Å². The van der Waals surface area contributed by atoms with Gasteiger partial charge in [0, 0.05) is 42.9 Å². The summed E-state index contributed by atoms with van der Waals surface area (Å²) in [5.41, 5.74) is 4.26. The summed E-state index contributed by atoms with van der Waals surface area (Å²) >= 11 is 0. The second-order valence-electron chi connectivity index (χ2n) is 10.4. The van der Waals surface area contributed by atoms with Crippen molar-refractivity contribution in [3.63, 3.8) is 0 Å². The standard InChI is InChI=1S/C30H33N9O4/c1-37(2)15-13-31-27(40)25-18-42-29(33-25)21-7-5-20(6-8-21)24-17-39(36-35-24)23-11-9-22(10-12-23)30-34-26(19-43-30)28(41)32-14-16-38(3)4/h5-12,17-19H,13-16H2,1-4H3,(H,31,40)(H,32,41). The molecule has 3 aromatic heterocycles. The molecule has 0 aliphatic heterocycles. The topological polar surface area (TPSA) is 147 Å². The molecule has 0 atom stereocenters. The van der Waals surface area contributed by atoms with E-state index in [1.165, 1.54) is 12.5 Å². The summed E-state index contributed by atoms with van der Waals surface area (Å²) in [4.78, 5) is 37.2. The fourth-order valence-electron chi connectivity index (χ4n) is 4.05. The lowest BCUT2D eigenvalue weighted by molar-refractivity contribution is 0.0938. The minimum atomic E-state index is -0.277. The lowest BCUT2D eigenvalue weighted by atomic mass is 10.1. The van der Waals surface area contributed by atoms with E-state index >= 15 is 0 Å². The first-order chi connectivity index (χ1) is 20.8. The zero-order valence-electron chi connectivity index (χ0n) is 24.4. The number of nitrogens with one attached hydrogen (secondary N) is 2. The highest BCUT2D eigenvalue weighted by Crippen LogP contribution is 2.25. The molecule has 0 aliphatic rings. The molecule has 0 unspecified atom stereocenters. The molecule has 5 aromatic rings. The van der Waals surface area contributed by atoms with E-state index in [1.54, 1.807) is 4.68 Å². The Kier molecular flexibility index (Phi) is 9.03. The van der Waals surface area contributed by atoms with Crippen LogP contribution in [0.3, 0.4) is 0 Å². The lowest BCUT2D eigenvalue weighted by Gasteiger charge is -2.09. The van der Waals surface area contributed by atoms with Crippen molar-refractivity contribution >= 4 is 11.8 Å². The van der Waals surface area contributed by atoms with Crippen LogP contribution in [0.25, 0.3) is 39.9 Å². The Bertz CT molecular complexity index is 1550. The van der Waals surface area contributed by atoms with Crippen molar-refractivity contribution in [3.8, 4) is 39.9 Å². The number of oxazole rings is 2. The highest BCUT2D eigenvalue weighted by Gasteiger charge is 2.15. The molecule has 0 saturated carbocycles. The summed E-state index contributed by atoms with van der Waals surface area (Å²) in [5, 5.41) is 14.2. The summed E-state index contributed by atoms with van der Waals surface area (Å²) < 4.78 is 12.7. The van der Waals surface area contributed by atoms with Gasteiger partial charge in [0.05, 0.1) is 11.9 Å². The molecule has 3 heterocycles. The van der Waals surface area contributed by atoms with Gasteiger partial charge in [-0.1, -0.05) is 17.3 Å². The first-order valence-electron chi connectivity index (χ1n) is 13.7. The fraction of sp³-hybridized carbons (Fsp3) is 0.267. The van der Waals surface area contributed by atoms with Crippen LogP contribution in [0.4, 0.5) is 0 Å². The predicted molar refractivity (Wildman–Crippen MR) is 160 cm³/mol. The third-order valence-electron chi connectivity index (χ3n) is 6.46. The van der Waals surface area contributed by atoms with Gasteiger partial charge in [-0.3, -0.25) is 9.59 Å². The van der Waals surface area contributed by atoms with Crippen LogP contribution in [0.5, 0.6) is 0 Å². The molecule has 0 aliphatic carbocycles. The monoisotopic (exact) mass is 583 g/mol. The van der Waals surface area contributed by atoms with Gasteiger partial charge in [0.25, 0.3) is 11.8 Å². The van der Waals surface area contributed by atoms with Gasteiger partial charge in [0.15, 0.2) is 11.4 Å². The van der Waals surface area contributed by atoms with Crippen molar-refractivity contribution in [1.29, 1.82) is 0 Å². The van der Waals surface area contributed by atoms with E-state index in [1.807, 2.05) is 92.7 Å². The lowest BCUT2D eigenvalue weighted by Crippen LogP contribution is -2.31. The van der Waals surface area contributed by atoms with Gasteiger partial charge in [0.1, 0.15) is 18.2 Å². The zero-order chi connectivity index (χ0) is 30.3. The third kappa shape index (κ3) is 7.39. The summed E-state index contributed by atoms with van der Waals surface area (Å²) in [7, 11) is 7.76. The summed E-state index contributed by atoms with van der Waals surface area (Å²) in [6.07, 6.45) is 4.54.